The van der Waals surface area contributed by atoms with Gasteiger partial charge in [0.05, 0.1) is 24.7 Å². The lowest BCUT2D eigenvalue weighted by Gasteiger charge is -2.14. The van der Waals surface area contributed by atoms with Crippen LogP contribution in [0, 0.1) is 0 Å². The number of imidazole rings is 1. The molecule has 0 unspecified atom stereocenters. The molecular formula is C30H33N3O2. The number of nitrogen functional groups attached to an aromatic ring is 1. The average Bonchev–Trinajstić information content (AvgIpc) is 3.20. The highest BCUT2D eigenvalue weighted by Crippen LogP contribution is 2.31. The minimum atomic E-state index is 0.478. The molecule has 0 amide bonds. The zero-order chi connectivity index (χ0) is 24.8. The van der Waals surface area contributed by atoms with Crippen molar-refractivity contribution in [3.63, 3.8) is 0 Å². The smallest absolute Gasteiger partial charge is 0.201 e. The lowest BCUT2D eigenvalue weighted by atomic mass is 10.0. The number of allylic oxidation sites excluding steroid dienone is 3. The molecule has 0 saturated heterocycles. The van der Waals surface area contributed by atoms with Crippen LogP contribution >= 0.6 is 0 Å². The second-order valence-electron chi connectivity index (χ2n) is 8.48. The summed E-state index contributed by atoms with van der Waals surface area (Å²) in [6.45, 7) is 9.27. The Morgan fingerprint density at radius 2 is 1.71 bits per heavy atom. The van der Waals surface area contributed by atoms with Gasteiger partial charge in [-0.3, -0.25) is 0 Å². The molecule has 0 aliphatic rings. The predicted octanol–water partition coefficient (Wildman–Crippen LogP) is 6.80. The number of ether oxygens (including phenoxy) is 2. The molecule has 5 heteroatoms. The van der Waals surface area contributed by atoms with E-state index in [1.807, 2.05) is 28.8 Å². The average molecular weight is 468 g/mol. The minimum Gasteiger partial charge on any atom is -0.493 e. The summed E-state index contributed by atoms with van der Waals surface area (Å²) in [5, 5.41) is 0. The van der Waals surface area contributed by atoms with E-state index in [1.165, 1.54) is 5.56 Å². The van der Waals surface area contributed by atoms with Crippen molar-refractivity contribution in [3.8, 4) is 11.5 Å². The Labute approximate surface area is 207 Å². The van der Waals surface area contributed by atoms with Crippen molar-refractivity contribution in [2.24, 2.45) is 0 Å². The zero-order valence-electron chi connectivity index (χ0n) is 20.8. The summed E-state index contributed by atoms with van der Waals surface area (Å²) in [5.41, 5.74) is 13.8. The fraction of sp³-hybridized carbons (Fsp3) is 0.233. The number of anilines is 1. The second-order valence-corrected chi connectivity index (χ2v) is 8.48. The molecule has 4 rings (SSSR count). The van der Waals surface area contributed by atoms with E-state index in [4.69, 9.17) is 15.2 Å². The third-order valence-corrected chi connectivity index (χ3v) is 6.15. The lowest BCUT2D eigenvalue weighted by molar-refractivity contribution is 0.284. The summed E-state index contributed by atoms with van der Waals surface area (Å²) in [6, 6.07) is 20.7. The van der Waals surface area contributed by atoms with Gasteiger partial charge in [0, 0.05) is 0 Å². The summed E-state index contributed by atoms with van der Waals surface area (Å²) in [4.78, 5) is 4.61. The summed E-state index contributed by atoms with van der Waals surface area (Å²) in [5.74, 6) is 1.88. The normalized spacial score (nSPS) is 11.6. The molecule has 4 aromatic rings. The molecule has 0 aliphatic heterocycles. The first kappa shape index (κ1) is 24.1. The van der Waals surface area contributed by atoms with Crippen LogP contribution in [-0.4, -0.2) is 16.7 Å². The van der Waals surface area contributed by atoms with Gasteiger partial charge in [0.15, 0.2) is 11.5 Å². The first-order valence-electron chi connectivity index (χ1n) is 12.0. The van der Waals surface area contributed by atoms with Gasteiger partial charge in [0.1, 0.15) is 6.61 Å². The van der Waals surface area contributed by atoms with Crippen LogP contribution in [0.3, 0.4) is 0 Å². The Bertz CT molecular complexity index is 1350. The molecule has 0 bridgehead atoms. The van der Waals surface area contributed by atoms with Crippen molar-refractivity contribution in [2.75, 3.05) is 12.8 Å². The SMILES string of the molecule is C=C/C(=C\CC)c1ccc2c(c1)nc(N)n2Cc1ccc(OCc2ccc(CC)cc2)c(OC)c1. The molecule has 1 heterocycles. The number of nitrogens with zero attached hydrogens (tertiary/aromatic N) is 2. The standard InChI is InChI=1S/C30H33N3O2/c1-5-8-24(7-3)25-14-15-27-26(18-25)32-30(31)33(27)19-23-13-16-28(29(17-23)34-4)35-20-22-11-9-21(6-2)10-12-22/h7-18H,3,5-6,19-20H2,1-2,4H3,(H2,31,32)/b24-8+. The van der Waals surface area contributed by atoms with Crippen LogP contribution in [-0.2, 0) is 19.6 Å². The van der Waals surface area contributed by atoms with Crippen molar-refractivity contribution in [3.05, 3.63) is 102 Å². The Hall–Kier alpha value is -3.99. The maximum absolute atomic E-state index is 6.31. The Balaban J connectivity index is 1.54. The summed E-state index contributed by atoms with van der Waals surface area (Å²) in [7, 11) is 1.66. The number of benzene rings is 3. The molecule has 0 saturated carbocycles. The van der Waals surface area contributed by atoms with Gasteiger partial charge in [-0.05, 0) is 64.9 Å². The van der Waals surface area contributed by atoms with Gasteiger partial charge in [0.25, 0.3) is 0 Å². The van der Waals surface area contributed by atoms with Gasteiger partial charge in [-0.25, -0.2) is 4.98 Å². The number of nitrogens with two attached hydrogens (primary N) is 1. The van der Waals surface area contributed by atoms with Crippen LogP contribution in [0.1, 0.15) is 42.5 Å². The van der Waals surface area contributed by atoms with Gasteiger partial charge < -0.3 is 19.8 Å². The highest BCUT2D eigenvalue weighted by Gasteiger charge is 2.12. The number of hydrogen-bond acceptors (Lipinski definition) is 4. The van der Waals surface area contributed by atoms with Crippen molar-refractivity contribution in [2.45, 2.75) is 39.8 Å². The largest absolute Gasteiger partial charge is 0.493 e. The van der Waals surface area contributed by atoms with E-state index in [9.17, 15) is 0 Å². The maximum Gasteiger partial charge on any atom is 0.201 e. The van der Waals surface area contributed by atoms with Crippen LogP contribution in [0.2, 0.25) is 0 Å². The van der Waals surface area contributed by atoms with E-state index in [0.29, 0.717) is 30.6 Å². The summed E-state index contributed by atoms with van der Waals surface area (Å²) >= 11 is 0. The molecular weight excluding hydrogens is 434 g/mol. The van der Waals surface area contributed by atoms with Crippen molar-refractivity contribution < 1.29 is 9.47 Å². The van der Waals surface area contributed by atoms with Crippen molar-refractivity contribution >= 4 is 22.6 Å². The summed E-state index contributed by atoms with van der Waals surface area (Å²) < 4.78 is 13.7. The van der Waals surface area contributed by atoms with Gasteiger partial charge in [0.2, 0.25) is 5.95 Å². The van der Waals surface area contributed by atoms with Crippen LogP contribution in [0.5, 0.6) is 11.5 Å². The monoisotopic (exact) mass is 467 g/mol. The van der Waals surface area contributed by atoms with Crippen molar-refractivity contribution in [1.29, 1.82) is 0 Å². The van der Waals surface area contributed by atoms with Crippen LogP contribution in [0.4, 0.5) is 5.95 Å². The molecule has 0 radical (unpaired) electrons. The van der Waals surface area contributed by atoms with Crippen LogP contribution in [0.25, 0.3) is 16.6 Å². The van der Waals surface area contributed by atoms with E-state index >= 15 is 0 Å². The van der Waals surface area contributed by atoms with E-state index in [0.717, 1.165) is 46.1 Å². The maximum atomic E-state index is 6.31. The van der Waals surface area contributed by atoms with Gasteiger partial charge in [-0.1, -0.05) is 69.0 Å². The lowest BCUT2D eigenvalue weighted by Crippen LogP contribution is -2.05. The highest BCUT2D eigenvalue weighted by atomic mass is 16.5. The molecule has 180 valence electrons. The fourth-order valence-corrected chi connectivity index (χ4v) is 4.18. The number of aromatic nitrogens is 2. The number of aryl methyl sites for hydroxylation is 1. The Morgan fingerprint density at radius 3 is 2.40 bits per heavy atom. The Kier molecular flexibility index (Phi) is 7.56. The predicted molar refractivity (Wildman–Crippen MR) is 145 cm³/mol. The van der Waals surface area contributed by atoms with Gasteiger partial charge in [-0.2, -0.15) is 0 Å². The van der Waals surface area contributed by atoms with Crippen LogP contribution < -0.4 is 15.2 Å². The molecule has 3 aromatic carbocycles. The zero-order valence-corrected chi connectivity index (χ0v) is 20.8. The van der Waals surface area contributed by atoms with E-state index in [-0.39, 0.29) is 0 Å². The molecule has 5 nitrogen and oxygen atoms in total. The molecule has 2 N–H and O–H groups in total. The Morgan fingerprint density at radius 1 is 0.971 bits per heavy atom. The van der Waals surface area contributed by atoms with E-state index in [1.54, 1.807) is 7.11 Å². The third-order valence-electron chi connectivity index (χ3n) is 6.15. The van der Waals surface area contributed by atoms with Gasteiger partial charge in [-0.15, -0.1) is 0 Å². The number of rotatable bonds is 10. The second kappa shape index (κ2) is 11.0. The first-order valence-corrected chi connectivity index (χ1v) is 12.0. The third kappa shape index (κ3) is 5.40. The molecule has 0 aliphatic carbocycles. The molecule has 0 atom stereocenters. The molecule has 35 heavy (non-hydrogen) atoms. The quantitative estimate of drug-likeness (QED) is 0.261. The van der Waals surface area contributed by atoms with E-state index < -0.39 is 0 Å². The minimum absolute atomic E-state index is 0.478. The van der Waals surface area contributed by atoms with Gasteiger partial charge >= 0.3 is 0 Å². The topological polar surface area (TPSA) is 62.3 Å². The number of fused-ring (bicyclic) bond motifs is 1. The molecule has 0 spiro atoms. The van der Waals surface area contributed by atoms with Crippen LogP contribution in [0.15, 0.2) is 79.4 Å². The number of methoxy groups -OCH3 is 1. The fourth-order valence-electron chi connectivity index (χ4n) is 4.18. The molecule has 1 aromatic heterocycles. The molecule has 0 fully saturated rings. The summed E-state index contributed by atoms with van der Waals surface area (Å²) in [6.07, 6.45) is 6.01. The van der Waals surface area contributed by atoms with Crippen molar-refractivity contribution in [1.82, 2.24) is 9.55 Å². The number of hydrogen-bond donors (Lipinski definition) is 1. The first-order chi connectivity index (χ1) is 17.1. The van der Waals surface area contributed by atoms with E-state index in [2.05, 4.69) is 74.0 Å². The highest BCUT2D eigenvalue weighted by molar-refractivity contribution is 5.85.